The van der Waals surface area contributed by atoms with Crippen molar-refractivity contribution in [3.8, 4) is 0 Å². The predicted octanol–water partition coefficient (Wildman–Crippen LogP) is -9.73. The Kier molecular flexibility index (Phi) is 32.9. The zero-order valence-electron chi connectivity index (χ0n) is 6.77. The van der Waals surface area contributed by atoms with Gasteiger partial charge in [0, 0.05) is 6.42 Å². The van der Waals surface area contributed by atoms with Crippen LogP contribution in [-0.2, 0) is 26.7 Å². The maximum absolute atomic E-state index is 9.99. The first kappa shape index (κ1) is 29.2. The van der Waals surface area contributed by atoms with Gasteiger partial charge in [-0.15, -0.1) is 0 Å². The van der Waals surface area contributed by atoms with E-state index in [2.05, 4.69) is 0 Å². The van der Waals surface area contributed by atoms with Crippen molar-refractivity contribution in [2.24, 2.45) is 5.73 Å². The number of nitrogens with two attached hydrogens (primary N) is 1. The van der Waals surface area contributed by atoms with Crippen molar-refractivity contribution in [2.75, 3.05) is 0 Å². The molecule has 0 heterocycles. The smallest absolute Gasteiger partial charge is 1.00 e. The molecule has 0 saturated carbocycles. The molecular weight excluding hydrogens is 300 g/mol. The number of hydrogen-bond acceptors (Lipinski definition) is 3. The zero-order chi connectivity index (χ0) is 8.15. The SMILES string of the molecule is N[C@@H](CCC(=O)O)C(=O)O.[Cl-].[Cl-].[Cl-].[Fe+3]. The average Bonchev–Trinajstić information content (AvgIpc) is 1.82. The molecule has 87 valence electrons. The maximum atomic E-state index is 9.99. The maximum Gasteiger partial charge on any atom is 3.00 e. The Labute approximate surface area is 111 Å². The van der Waals surface area contributed by atoms with Gasteiger partial charge in [-0.25, -0.2) is 0 Å². The molecule has 0 aliphatic carbocycles. The molecule has 5 nitrogen and oxygen atoms in total. The molecule has 1 radical (unpaired) electrons. The number of carbonyl (C=O) groups is 2. The number of carboxylic acids is 2. The van der Waals surface area contributed by atoms with Crippen LogP contribution in [0.15, 0.2) is 0 Å². The molecule has 0 saturated heterocycles. The molecule has 0 unspecified atom stereocenters. The molecule has 9 heteroatoms. The van der Waals surface area contributed by atoms with Crippen molar-refractivity contribution < 1.29 is 74.1 Å². The fourth-order valence-electron chi connectivity index (χ4n) is 0.402. The molecule has 0 rings (SSSR count). The van der Waals surface area contributed by atoms with E-state index in [0.29, 0.717) is 0 Å². The molecule has 0 bridgehead atoms. The van der Waals surface area contributed by atoms with Crippen molar-refractivity contribution in [3.63, 3.8) is 0 Å². The Hall–Kier alpha value is 0.289. The van der Waals surface area contributed by atoms with Crippen LogP contribution < -0.4 is 43.0 Å². The van der Waals surface area contributed by atoms with Gasteiger partial charge < -0.3 is 53.2 Å². The summed E-state index contributed by atoms with van der Waals surface area (Å²) >= 11 is 0. The summed E-state index contributed by atoms with van der Waals surface area (Å²) in [6, 6.07) is -1.06. The molecule has 0 aliphatic rings. The number of carboxylic acid groups (broad SMARTS) is 2. The van der Waals surface area contributed by atoms with Gasteiger partial charge in [0.05, 0.1) is 0 Å². The summed E-state index contributed by atoms with van der Waals surface area (Å²) in [6.07, 6.45) is -0.224. The van der Waals surface area contributed by atoms with Gasteiger partial charge >= 0.3 is 29.0 Å². The molecule has 0 amide bonds. The second-order valence-electron chi connectivity index (χ2n) is 1.88. The van der Waals surface area contributed by atoms with E-state index in [4.69, 9.17) is 15.9 Å². The van der Waals surface area contributed by atoms with Crippen molar-refractivity contribution in [2.45, 2.75) is 18.9 Å². The normalized spacial score (nSPS) is 8.93. The van der Waals surface area contributed by atoms with E-state index < -0.39 is 18.0 Å². The van der Waals surface area contributed by atoms with Gasteiger partial charge in [0.1, 0.15) is 6.04 Å². The number of hydrogen-bond donors (Lipinski definition) is 3. The molecule has 0 aliphatic heterocycles. The summed E-state index contributed by atoms with van der Waals surface area (Å²) in [7, 11) is 0. The fourth-order valence-corrected chi connectivity index (χ4v) is 0.402. The minimum atomic E-state index is -1.17. The number of rotatable bonds is 4. The van der Waals surface area contributed by atoms with Crippen LogP contribution in [0.3, 0.4) is 0 Å². The predicted molar refractivity (Wildman–Crippen MR) is 32.5 cm³/mol. The van der Waals surface area contributed by atoms with Crippen molar-refractivity contribution in [1.82, 2.24) is 0 Å². The number of halogens is 3. The minimum Gasteiger partial charge on any atom is -1.00 e. The van der Waals surface area contributed by atoms with Crippen LogP contribution in [-0.4, -0.2) is 28.2 Å². The van der Waals surface area contributed by atoms with E-state index in [0.717, 1.165) is 0 Å². The summed E-state index contributed by atoms with van der Waals surface area (Å²) in [5, 5.41) is 16.3. The van der Waals surface area contributed by atoms with Crippen molar-refractivity contribution in [3.05, 3.63) is 0 Å². The Bertz CT molecular complexity index is 160. The van der Waals surface area contributed by atoms with E-state index in [-0.39, 0.29) is 67.1 Å². The topological polar surface area (TPSA) is 101 Å². The Morgan fingerprint density at radius 2 is 1.50 bits per heavy atom. The fraction of sp³-hybridized carbons (Fsp3) is 0.600. The Morgan fingerprint density at radius 1 is 1.14 bits per heavy atom. The Morgan fingerprint density at radius 3 is 1.71 bits per heavy atom. The summed E-state index contributed by atoms with van der Waals surface area (Å²) in [6.45, 7) is 0. The summed E-state index contributed by atoms with van der Waals surface area (Å²) in [5.41, 5.74) is 5.00. The van der Waals surface area contributed by atoms with E-state index in [1.165, 1.54) is 0 Å². The molecule has 14 heavy (non-hydrogen) atoms. The quantitative estimate of drug-likeness (QED) is 0.448. The third-order valence-electron chi connectivity index (χ3n) is 0.986. The van der Waals surface area contributed by atoms with Gasteiger partial charge in [-0.3, -0.25) is 9.59 Å². The van der Waals surface area contributed by atoms with Gasteiger partial charge in [-0.05, 0) is 6.42 Å². The van der Waals surface area contributed by atoms with Crippen LogP contribution in [0.2, 0.25) is 0 Å². The summed E-state index contributed by atoms with van der Waals surface area (Å²) < 4.78 is 0. The average molecular weight is 309 g/mol. The second kappa shape index (κ2) is 15.7. The molecule has 4 N–H and O–H groups in total. The molecule has 0 aromatic heterocycles. The zero-order valence-corrected chi connectivity index (χ0v) is 10.1. The first-order chi connectivity index (χ1) is 4.54. The van der Waals surface area contributed by atoms with Crippen LogP contribution in [0.5, 0.6) is 0 Å². The third kappa shape index (κ3) is 18.2. The first-order valence-electron chi connectivity index (χ1n) is 2.74. The number of aliphatic carboxylic acids is 2. The summed E-state index contributed by atoms with van der Waals surface area (Å²) in [4.78, 5) is 19.9. The van der Waals surface area contributed by atoms with Gasteiger partial charge in [0.2, 0.25) is 0 Å². The first-order valence-corrected chi connectivity index (χ1v) is 2.74. The summed E-state index contributed by atoms with van der Waals surface area (Å²) in [5.74, 6) is -2.20. The van der Waals surface area contributed by atoms with Crippen molar-refractivity contribution in [1.29, 1.82) is 0 Å². The monoisotopic (exact) mass is 308 g/mol. The van der Waals surface area contributed by atoms with E-state index in [1.807, 2.05) is 0 Å². The van der Waals surface area contributed by atoms with Crippen LogP contribution in [0, 0.1) is 0 Å². The van der Waals surface area contributed by atoms with Crippen LogP contribution in [0.25, 0.3) is 0 Å². The molecule has 0 fully saturated rings. The van der Waals surface area contributed by atoms with Gasteiger partial charge in [-0.2, -0.15) is 0 Å². The second-order valence-corrected chi connectivity index (χ2v) is 1.88. The Balaban J connectivity index is -0.0000000675. The molecular formula is C5H9Cl3FeNO4. The minimum absolute atomic E-state index is 0. The van der Waals surface area contributed by atoms with E-state index >= 15 is 0 Å². The third-order valence-corrected chi connectivity index (χ3v) is 0.986. The van der Waals surface area contributed by atoms with Gasteiger partial charge in [-0.1, -0.05) is 0 Å². The van der Waals surface area contributed by atoms with E-state index in [9.17, 15) is 9.59 Å². The molecule has 0 aromatic carbocycles. The van der Waals surface area contributed by atoms with Crippen molar-refractivity contribution >= 4 is 11.9 Å². The molecule has 0 aromatic rings. The van der Waals surface area contributed by atoms with Crippen LogP contribution >= 0.6 is 0 Å². The van der Waals surface area contributed by atoms with Crippen LogP contribution in [0.1, 0.15) is 12.8 Å². The van der Waals surface area contributed by atoms with Gasteiger partial charge in [0.25, 0.3) is 0 Å². The molecule has 1 atom stereocenters. The molecule has 0 spiro atoms. The standard InChI is InChI=1S/C5H9NO4.3ClH.Fe/c6-3(5(9)10)1-2-4(7)8;;;;/h3H,1-2,6H2,(H,7,8)(H,9,10);3*1H;/q;;;;+3/p-3/t3-;;;;/m0..../s1. The largest absolute Gasteiger partial charge is 3.00 e. The van der Waals surface area contributed by atoms with Crippen LogP contribution in [0.4, 0.5) is 0 Å². The van der Waals surface area contributed by atoms with E-state index in [1.54, 1.807) is 0 Å². The van der Waals surface area contributed by atoms with Gasteiger partial charge in [0.15, 0.2) is 0 Å².